The number of likely N-dealkylation sites (tertiary alicyclic amines) is 1. The van der Waals surface area contributed by atoms with E-state index in [-0.39, 0.29) is 18.1 Å². The van der Waals surface area contributed by atoms with Crippen molar-refractivity contribution < 1.29 is 14.3 Å². The lowest BCUT2D eigenvalue weighted by atomic mass is 10.2. The van der Waals surface area contributed by atoms with E-state index < -0.39 is 0 Å². The van der Waals surface area contributed by atoms with Gasteiger partial charge in [-0.2, -0.15) is 0 Å². The molecule has 2 atom stereocenters. The summed E-state index contributed by atoms with van der Waals surface area (Å²) in [5, 5.41) is 8.14. The molecule has 1 amide bonds. The van der Waals surface area contributed by atoms with Gasteiger partial charge in [-0.15, -0.1) is 5.10 Å². The first-order valence-corrected chi connectivity index (χ1v) is 7.94. The Kier molecular flexibility index (Phi) is 4.92. The molecule has 1 aromatic carbocycles. The van der Waals surface area contributed by atoms with Gasteiger partial charge in [-0.25, -0.2) is 4.68 Å². The molecular formula is C17H22N4O3. The molecular weight excluding hydrogens is 308 g/mol. The normalized spacial score (nSPS) is 20.5. The van der Waals surface area contributed by atoms with Gasteiger partial charge in [-0.05, 0) is 31.0 Å². The van der Waals surface area contributed by atoms with Gasteiger partial charge >= 0.3 is 0 Å². The Bertz CT molecular complexity index is 715. The molecule has 1 aliphatic rings. The molecule has 7 heteroatoms. The van der Waals surface area contributed by atoms with Gasteiger partial charge in [0.05, 0.1) is 30.6 Å². The Morgan fingerprint density at radius 2 is 2.21 bits per heavy atom. The third kappa shape index (κ3) is 3.32. The van der Waals surface area contributed by atoms with E-state index >= 15 is 0 Å². The predicted molar refractivity (Wildman–Crippen MR) is 88.2 cm³/mol. The minimum Gasteiger partial charge on any atom is -0.383 e. The molecule has 1 fully saturated rings. The van der Waals surface area contributed by atoms with Gasteiger partial charge in [0, 0.05) is 20.8 Å². The number of aromatic nitrogens is 3. The fourth-order valence-electron chi connectivity index (χ4n) is 3.05. The number of carbonyl (C=O) groups is 1. The largest absolute Gasteiger partial charge is 0.383 e. The highest BCUT2D eigenvalue weighted by Gasteiger charge is 2.36. The minimum absolute atomic E-state index is 0.00318. The summed E-state index contributed by atoms with van der Waals surface area (Å²) in [6, 6.07) is 7.88. The van der Waals surface area contributed by atoms with Crippen molar-refractivity contribution in [1.29, 1.82) is 0 Å². The molecule has 1 saturated heterocycles. The topological polar surface area (TPSA) is 69.5 Å². The summed E-state index contributed by atoms with van der Waals surface area (Å²) in [5.74, 6) is -0.143. The van der Waals surface area contributed by atoms with Gasteiger partial charge < -0.3 is 14.4 Å². The molecule has 1 aromatic heterocycles. The summed E-state index contributed by atoms with van der Waals surface area (Å²) in [6.07, 6.45) is 2.46. The number of amides is 1. The van der Waals surface area contributed by atoms with Gasteiger partial charge in [0.25, 0.3) is 5.91 Å². The third-order valence-electron chi connectivity index (χ3n) is 4.31. The Morgan fingerprint density at radius 1 is 1.38 bits per heavy atom. The van der Waals surface area contributed by atoms with Gasteiger partial charge in [-0.3, -0.25) is 4.79 Å². The van der Waals surface area contributed by atoms with Gasteiger partial charge in [0.2, 0.25) is 0 Å². The van der Waals surface area contributed by atoms with Crippen LogP contribution in [0.15, 0.2) is 30.5 Å². The predicted octanol–water partition coefficient (Wildman–Crippen LogP) is 1.45. The molecule has 0 aliphatic carbocycles. The van der Waals surface area contributed by atoms with Gasteiger partial charge in [0.15, 0.2) is 5.69 Å². The summed E-state index contributed by atoms with van der Waals surface area (Å²) >= 11 is 0. The highest BCUT2D eigenvalue weighted by molar-refractivity contribution is 5.92. The van der Waals surface area contributed by atoms with Crippen LogP contribution < -0.4 is 0 Å². The van der Waals surface area contributed by atoms with Crippen LogP contribution in [-0.4, -0.2) is 65.3 Å². The molecule has 0 radical (unpaired) electrons. The van der Waals surface area contributed by atoms with Crippen molar-refractivity contribution in [2.75, 3.05) is 27.4 Å². The van der Waals surface area contributed by atoms with Crippen LogP contribution in [0.2, 0.25) is 0 Å². The van der Waals surface area contributed by atoms with Crippen molar-refractivity contribution in [3.05, 3.63) is 41.7 Å². The Morgan fingerprint density at radius 3 is 2.92 bits per heavy atom. The maximum absolute atomic E-state index is 12.8. The summed E-state index contributed by atoms with van der Waals surface area (Å²) in [4.78, 5) is 14.6. The maximum atomic E-state index is 12.8. The molecule has 3 rings (SSSR count). The number of carbonyl (C=O) groups excluding carboxylic acids is 1. The van der Waals surface area contributed by atoms with E-state index in [1.165, 1.54) is 0 Å². The van der Waals surface area contributed by atoms with Crippen LogP contribution in [0, 0.1) is 6.92 Å². The lowest BCUT2D eigenvalue weighted by Crippen LogP contribution is -2.38. The fourth-order valence-corrected chi connectivity index (χ4v) is 3.05. The number of hydrogen-bond acceptors (Lipinski definition) is 5. The second kappa shape index (κ2) is 7.11. The molecule has 128 valence electrons. The number of ether oxygens (including phenoxy) is 2. The molecule has 0 spiro atoms. The molecule has 2 heterocycles. The van der Waals surface area contributed by atoms with E-state index in [0.29, 0.717) is 18.8 Å². The van der Waals surface area contributed by atoms with E-state index in [4.69, 9.17) is 9.47 Å². The van der Waals surface area contributed by atoms with E-state index in [9.17, 15) is 4.79 Å². The van der Waals surface area contributed by atoms with Crippen molar-refractivity contribution in [2.45, 2.75) is 25.5 Å². The fraction of sp³-hybridized carbons (Fsp3) is 0.471. The highest BCUT2D eigenvalue weighted by atomic mass is 16.5. The Labute approximate surface area is 141 Å². The summed E-state index contributed by atoms with van der Waals surface area (Å²) < 4.78 is 12.3. The standard InChI is InChI=1S/C17H22N4O3/c1-12-5-4-6-13(7-12)21-10-16(18-19-21)17(22)20-9-15(24-3)8-14(20)11-23-2/h4-7,10,14-15H,8-9,11H2,1-3H3/t14-,15+/m0/s1. The second-order valence-electron chi connectivity index (χ2n) is 6.05. The monoisotopic (exact) mass is 330 g/mol. The maximum Gasteiger partial charge on any atom is 0.276 e. The molecule has 24 heavy (non-hydrogen) atoms. The smallest absolute Gasteiger partial charge is 0.276 e. The molecule has 0 bridgehead atoms. The van der Waals surface area contributed by atoms with Crippen LogP contribution >= 0.6 is 0 Å². The zero-order valence-corrected chi connectivity index (χ0v) is 14.2. The average molecular weight is 330 g/mol. The summed E-state index contributed by atoms with van der Waals surface area (Å²) in [7, 11) is 3.30. The Balaban J connectivity index is 1.80. The first-order chi connectivity index (χ1) is 11.6. The molecule has 7 nitrogen and oxygen atoms in total. The number of nitrogens with zero attached hydrogens (tertiary/aromatic N) is 4. The van der Waals surface area contributed by atoms with Crippen molar-refractivity contribution in [1.82, 2.24) is 19.9 Å². The minimum atomic E-state index is -0.143. The molecule has 1 aliphatic heterocycles. The van der Waals surface area contributed by atoms with Crippen LogP contribution in [0.3, 0.4) is 0 Å². The SMILES string of the molecule is COC[C@@H]1C[C@@H](OC)CN1C(=O)c1cn(-c2cccc(C)c2)nn1. The van der Waals surface area contributed by atoms with Crippen molar-refractivity contribution >= 4 is 5.91 Å². The quantitative estimate of drug-likeness (QED) is 0.830. The lowest BCUT2D eigenvalue weighted by molar-refractivity contribution is 0.0606. The van der Waals surface area contributed by atoms with Gasteiger partial charge in [0.1, 0.15) is 0 Å². The third-order valence-corrected chi connectivity index (χ3v) is 4.31. The van der Waals surface area contributed by atoms with Crippen LogP contribution in [0.5, 0.6) is 0 Å². The van der Waals surface area contributed by atoms with Crippen LogP contribution in [0.1, 0.15) is 22.5 Å². The van der Waals surface area contributed by atoms with E-state index in [1.54, 1.807) is 30.0 Å². The molecule has 0 N–H and O–H groups in total. The van der Waals surface area contributed by atoms with Crippen LogP contribution in [0.4, 0.5) is 0 Å². The molecule has 0 unspecified atom stereocenters. The number of benzene rings is 1. The number of rotatable bonds is 5. The molecule has 2 aromatic rings. The van der Waals surface area contributed by atoms with Crippen molar-refractivity contribution in [3.8, 4) is 5.69 Å². The van der Waals surface area contributed by atoms with E-state index in [2.05, 4.69) is 10.3 Å². The Hall–Kier alpha value is -2.25. The molecule has 0 saturated carbocycles. The average Bonchev–Trinajstić information content (AvgIpc) is 3.22. The zero-order valence-electron chi connectivity index (χ0n) is 14.2. The van der Waals surface area contributed by atoms with Crippen molar-refractivity contribution in [3.63, 3.8) is 0 Å². The number of methoxy groups -OCH3 is 2. The highest BCUT2D eigenvalue weighted by Crippen LogP contribution is 2.22. The summed E-state index contributed by atoms with van der Waals surface area (Å²) in [5.41, 5.74) is 2.33. The zero-order chi connectivity index (χ0) is 17.1. The van der Waals surface area contributed by atoms with E-state index in [1.807, 2.05) is 31.2 Å². The lowest BCUT2D eigenvalue weighted by Gasteiger charge is -2.22. The van der Waals surface area contributed by atoms with Gasteiger partial charge in [-0.1, -0.05) is 17.3 Å². The summed E-state index contributed by atoms with van der Waals surface area (Å²) in [6.45, 7) is 3.04. The first-order valence-electron chi connectivity index (χ1n) is 7.94. The first kappa shape index (κ1) is 16.6. The van der Waals surface area contributed by atoms with Crippen molar-refractivity contribution in [2.24, 2.45) is 0 Å². The second-order valence-corrected chi connectivity index (χ2v) is 6.05. The van der Waals surface area contributed by atoms with Crippen LogP contribution in [0.25, 0.3) is 5.69 Å². The van der Waals surface area contributed by atoms with E-state index in [0.717, 1.165) is 17.7 Å². The number of aryl methyl sites for hydroxylation is 1. The number of hydrogen-bond donors (Lipinski definition) is 0. The van der Waals surface area contributed by atoms with Crippen LogP contribution in [-0.2, 0) is 9.47 Å².